The van der Waals surface area contributed by atoms with Crippen LogP contribution < -0.4 is 5.32 Å². The number of para-hydroxylation sites is 1. The molecule has 0 aliphatic rings. The maximum atomic E-state index is 4.50. The van der Waals surface area contributed by atoms with Gasteiger partial charge in [0.1, 0.15) is 0 Å². The highest BCUT2D eigenvalue weighted by molar-refractivity contribution is 9.11. The highest BCUT2D eigenvalue weighted by Crippen LogP contribution is 2.17. The van der Waals surface area contributed by atoms with E-state index in [2.05, 4.69) is 45.1 Å². The Balaban J connectivity index is 2.21. The Labute approximate surface area is 103 Å². The molecule has 2 aromatic rings. The molecule has 1 N–H and O–H groups in total. The number of benzene rings is 1. The van der Waals surface area contributed by atoms with E-state index in [-0.39, 0.29) is 0 Å². The number of aromatic nitrogens is 2. The Morgan fingerprint density at radius 2 is 2.25 bits per heavy atom. The van der Waals surface area contributed by atoms with Crippen LogP contribution in [0.2, 0.25) is 0 Å². The van der Waals surface area contributed by atoms with Crippen LogP contribution in [0.3, 0.4) is 0 Å². The van der Waals surface area contributed by atoms with Crippen molar-refractivity contribution >= 4 is 26.8 Å². The largest absolute Gasteiger partial charge is 0.306 e. The maximum absolute atomic E-state index is 4.50. The normalized spacial score (nSPS) is 10.9. The van der Waals surface area contributed by atoms with Crippen molar-refractivity contribution in [1.29, 1.82) is 0 Å². The van der Waals surface area contributed by atoms with Crippen LogP contribution in [0.4, 0.5) is 0 Å². The van der Waals surface area contributed by atoms with E-state index < -0.39 is 0 Å². The molecule has 0 unspecified atom stereocenters. The third kappa shape index (κ3) is 2.33. The summed E-state index contributed by atoms with van der Waals surface area (Å²) in [6, 6.07) is 8.25. The number of nitrogens with zero attached hydrogens (tertiary/aromatic N) is 2. The third-order valence-electron chi connectivity index (χ3n) is 2.44. The lowest BCUT2D eigenvalue weighted by molar-refractivity contribution is 0.701. The molecule has 0 atom stereocenters. The second kappa shape index (κ2) is 4.80. The molecule has 0 aliphatic carbocycles. The minimum Gasteiger partial charge on any atom is -0.306 e. The smallest absolute Gasteiger partial charge is 0.0841 e. The summed E-state index contributed by atoms with van der Waals surface area (Å²) < 4.78 is 2.86. The van der Waals surface area contributed by atoms with Crippen LogP contribution in [0.25, 0.3) is 10.9 Å². The Kier molecular flexibility index (Phi) is 3.41. The summed E-state index contributed by atoms with van der Waals surface area (Å²) in [6.07, 6.45) is 0. The molecule has 0 bridgehead atoms. The Morgan fingerprint density at radius 1 is 1.50 bits per heavy atom. The Bertz CT molecular complexity index is 516. The molecular formula is C12H14BrN3. The van der Waals surface area contributed by atoms with Gasteiger partial charge in [-0.05, 0) is 6.07 Å². The van der Waals surface area contributed by atoms with Gasteiger partial charge in [0.05, 0.1) is 11.2 Å². The molecule has 0 fully saturated rings. The third-order valence-corrected chi connectivity index (χ3v) is 2.72. The number of hydrogen-bond donors (Lipinski definition) is 1. The van der Waals surface area contributed by atoms with Gasteiger partial charge in [-0.1, -0.05) is 40.7 Å². The van der Waals surface area contributed by atoms with Crippen molar-refractivity contribution in [2.45, 2.75) is 6.54 Å². The molecule has 0 amide bonds. The van der Waals surface area contributed by atoms with Crippen LogP contribution >= 0.6 is 15.9 Å². The number of halogens is 1. The molecule has 4 heteroatoms. The van der Waals surface area contributed by atoms with Gasteiger partial charge in [-0.25, -0.2) is 0 Å². The Hall–Kier alpha value is -1.13. The van der Waals surface area contributed by atoms with Crippen LogP contribution in [0.15, 0.2) is 35.3 Å². The minimum atomic E-state index is 0.755. The standard InChI is InChI=1S/C12H14BrN3/c1-9(13)7-14-8-11-10-5-3-4-6-12(10)16(2)15-11/h3-6,14H,1,7-8H2,2H3. The van der Waals surface area contributed by atoms with Crippen molar-refractivity contribution in [3.63, 3.8) is 0 Å². The van der Waals surface area contributed by atoms with Crippen molar-refractivity contribution in [3.8, 4) is 0 Å². The van der Waals surface area contributed by atoms with Crippen molar-refractivity contribution in [1.82, 2.24) is 15.1 Å². The molecule has 0 spiro atoms. The summed E-state index contributed by atoms with van der Waals surface area (Å²) in [5, 5.41) is 8.99. The highest BCUT2D eigenvalue weighted by atomic mass is 79.9. The lowest BCUT2D eigenvalue weighted by atomic mass is 10.2. The molecule has 2 rings (SSSR count). The number of aryl methyl sites for hydroxylation is 1. The first-order valence-corrected chi connectivity index (χ1v) is 5.92. The summed E-state index contributed by atoms with van der Waals surface area (Å²) in [5.74, 6) is 0. The molecular weight excluding hydrogens is 266 g/mol. The lowest BCUT2D eigenvalue weighted by Crippen LogP contribution is -2.15. The average Bonchev–Trinajstić information content (AvgIpc) is 2.57. The number of fused-ring (bicyclic) bond motifs is 1. The van der Waals surface area contributed by atoms with Gasteiger partial charge >= 0.3 is 0 Å². The first kappa shape index (κ1) is 11.4. The van der Waals surface area contributed by atoms with Gasteiger partial charge in [-0.15, -0.1) is 0 Å². The van der Waals surface area contributed by atoms with Gasteiger partial charge < -0.3 is 5.32 Å². The molecule has 3 nitrogen and oxygen atoms in total. The molecule has 1 aromatic carbocycles. The summed E-state index contributed by atoms with van der Waals surface area (Å²) in [6.45, 7) is 5.29. The molecule has 1 heterocycles. The van der Waals surface area contributed by atoms with Crippen LogP contribution in [-0.4, -0.2) is 16.3 Å². The van der Waals surface area contributed by atoms with Crippen molar-refractivity contribution in [2.24, 2.45) is 7.05 Å². The summed E-state index contributed by atoms with van der Waals surface area (Å²) in [5.41, 5.74) is 2.24. The van der Waals surface area contributed by atoms with Crippen molar-refractivity contribution < 1.29 is 0 Å². The Morgan fingerprint density at radius 3 is 3.00 bits per heavy atom. The quantitative estimate of drug-likeness (QED) is 0.932. The van der Waals surface area contributed by atoms with Gasteiger partial charge in [0, 0.05) is 30.0 Å². The number of hydrogen-bond acceptors (Lipinski definition) is 2. The SMILES string of the molecule is C=C(Br)CNCc1nn(C)c2ccccc12. The van der Waals surface area contributed by atoms with Crippen molar-refractivity contribution in [2.75, 3.05) is 6.54 Å². The maximum Gasteiger partial charge on any atom is 0.0841 e. The molecule has 0 aliphatic heterocycles. The van der Waals surface area contributed by atoms with E-state index in [1.807, 2.05) is 23.9 Å². The van der Waals surface area contributed by atoms with Crippen LogP contribution in [0.1, 0.15) is 5.69 Å². The highest BCUT2D eigenvalue weighted by Gasteiger charge is 2.06. The molecule has 0 radical (unpaired) electrons. The van der Waals surface area contributed by atoms with Crippen LogP contribution in [0, 0.1) is 0 Å². The predicted octanol–water partition coefficient (Wildman–Crippen LogP) is 2.57. The summed E-state index contributed by atoms with van der Waals surface area (Å²) in [4.78, 5) is 0. The van der Waals surface area contributed by atoms with Gasteiger partial charge in [0.25, 0.3) is 0 Å². The summed E-state index contributed by atoms with van der Waals surface area (Å²) >= 11 is 3.32. The van der Waals surface area contributed by atoms with Crippen LogP contribution in [0.5, 0.6) is 0 Å². The van der Waals surface area contributed by atoms with Gasteiger partial charge in [-0.2, -0.15) is 5.10 Å². The number of rotatable bonds is 4. The van der Waals surface area contributed by atoms with E-state index >= 15 is 0 Å². The monoisotopic (exact) mass is 279 g/mol. The van der Waals surface area contributed by atoms with E-state index in [4.69, 9.17) is 0 Å². The first-order chi connectivity index (χ1) is 7.68. The van der Waals surface area contributed by atoms with Gasteiger partial charge in [0.15, 0.2) is 0 Å². The van der Waals surface area contributed by atoms with Crippen LogP contribution in [-0.2, 0) is 13.6 Å². The first-order valence-electron chi connectivity index (χ1n) is 5.13. The zero-order chi connectivity index (χ0) is 11.5. The van der Waals surface area contributed by atoms with Gasteiger partial charge in [0.2, 0.25) is 0 Å². The number of nitrogens with one attached hydrogen (secondary N) is 1. The molecule has 16 heavy (non-hydrogen) atoms. The average molecular weight is 280 g/mol. The van der Waals surface area contributed by atoms with E-state index in [1.165, 1.54) is 5.39 Å². The fourth-order valence-electron chi connectivity index (χ4n) is 1.74. The zero-order valence-electron chi connectivity index (χ0n) is 9.20. The van der Waals surface area contributed by atoms with Gasteiger partial charge in [-0.3, -0.25) is 4.68 Å². The fraction of sp³-hybridized carbons (Fsp3) is 0.250. The zero-order valence-corrected chi connectivity index (χ0v) is 10.8. The second-order valence-corrected chi connectivity index (χ2v) is 4.83. The fourth-order valence-corrected chi connectivity index (χ4v) is 1.93. The van der Waals surface area contributed by atoms with E-state index in [9.17, 15) is 0 Å². The van der Waals surface area contributed by atoms with E-state index in [1.54, 1.807) is 0 Å². The molecule has 1 aromatic heterocycles. The predicted molar refractivity (Wildman–Crippen MR) is 70.5 cm³/mol. The van der Waals surface area contributed by atoms with E-state index in [0.717, 1.165) is 28.8 Å². The summed E-state index contributed by atoms with van der Waals surface area (Å²) in [7, 11) is 1.97. The molecule has 84 valence electrons. The minimum absolute atomic E-state index is 0.755. The van der Waals surface area contributed by atoms with Crippen molar-refractivity contribution in [3.05, 3.63) is 41.0 Å². The molecule has 0 saturated heterocycles. The second-order valence-electron chi connectivity index (χ2n) is 3.71. The topological polar surface area (TPSA) is 29.9 Å². The van der Waals surface area contributed by atoms with E-state index in [0.29, 0.717) is 0 Å². The lowest BCUT2D eigenvalue weighted by Gasteiger charge is -2.00. The molecule has 0 saturated carbocycles.